The third-order valence-corrected chi connectivity index (χ3v) is 7.15. The highest BCUT2D eigenvalue weighted by Gasteiger charge is 2.38. The van der Waals surface area contributed by atoms with Gasteiger partial charge < -0.3 is 4.74 Å². The number of Topliss-reactive ketones (excluding diaryl/α,β-unsaturated/α-hetero) is 1. The molecule has 0 N–H and O–H groups in total. The topological polar surface area (TPSA) is 87.2 Å². The summed E-state index contributed by atoms with van der Waals surface area (Å²) in [6.45, 7) is 1.78. The standard InChI is InChI=1S/C20H21N3O5S/c1-28-15-7-8-17-18(13-15)23(20(25)19(17)24)14-21-9-11-22(12-10-21)29(26,27)16-5-3-2-4-6-16/h2-8,13H,9-12,14H2,1H3. The van der Waals surface area contributed by atoms with Crippen LogP contribution in [0.3, 0.4) is 0 Å². The zero-order valence-electron chi connectivity index (χ0n) is 15.9. The van der Waals surface area contributed by atoms with E-state index < -0.39 is 21.7 Å². The molecule has 0 bridgehead atoms. The van der Waals surface area contributed by atoms with Crippen LogP contribution in [0.2, 0.25) is 0 Å². The summed E-state index contributed by atoms with van der Waals surface area (Å²) in [5, 5.41) is 0. The van der Waals surface area contributed by atoms with Gasteiger partial charge >= 0.3 is 5.91 Å². The summed E-state index contributed by atoms with van der Waals surface area (Å²) in [6.07, 6.45) is 0. The summed E-state index contributed by atoms with van der Waals surface area (Å²) >= 11 is 0. The fourth-order valence-electron chi connectivity index (χ4n) is 3.59. The minimum atomic E-state index is -3.53. The fraction of sp³-hybridized carbons (Fsp3) is 0.300. The summed E-state index contributed by atoms with van der Waals surface area (Å²) in [7, 11) is -2.01. The normalized spacial score (nSPS) is 18.2. The molecule has 2 heterocycles. The first-order valence-corrected chi connectivity index (χ1v) is 10.7. The van der Waals surface area contributed by atoms with E-state index in [-0.39, 0.29) is 11.6 Å². The van der Waals surface area contributed by atoms with Crippen molar-refractivity contribution in [2.75, 3.05) is 44.9 Å². The van der Waals surface area contributed by atoms with Crippen molar-refractivity contribution in [2.45, 2.75) is 4.90 Å². The Labute approximate surface area is 169 Å². The van der Waals surface area contributed by atoms with E-state index in [0.717, 1.165) is 0 Å². The third-order valence-electron chi connectivity index (χ3n) is 5.23. The van der Waals surface area contributed by atoms with E-state index in [4.69, 9.17) is 4.74 Å². The van der Waals surface area contributed by atoms with Gasteiger partial charge in [0.25, 0.3) is 5.78 Å². The van der Waals surface area contributed by atoms with Crippen LogP contribution in [0.15, 0.2) is 53.4 Å². The largest absolute Gasteiger partial charge is 0.497 e. The molecule has 0 spiro atoms. The molecule has 1 amide bonds. The van der Waals surface area contributed by atoms with Crippen LogP contribution >= 0.6 is 0 Å². The second-order valence-corrected chi connectivity index (χ2v) is 8.86. The van der Waals surface area contributed by atoms with E-state index in [1.165, 1.54) is 16.3 Å². The number of amides is 1. The van der Waals surface area contributed by atoms with Gasteiger partial charge in [0.2, 0.25) is 10.0 Å². The van der Waals surface area contributed by atoms with Crippen LogP contribution in [0.5, 0.6) is 5.75 Å². The summed E-state index contributed by atoms with van der Waals surface area (Å²) in [5.41, 5.74) is 0.889. The molecule has 2 aromatic rings. The number of hydrogen-bond donors (Lipinski definition) is 0. The molecule has 0 aliphatic carbocycles. The number of rotatable bonds is 5. The van der Waals surface area contributed by atoms with Crippen LogP contribution in [-0.2, 0) is 14.8 Å². The van der Waals surface area contributed by atoms with Crippen molar-refractivity contribution in [3.05, 3.63) is 54.1 Å². The molecule has 2 aliphatic heterocycles. The molecule has 152 valence electrons. The van der Waals surface area contributed by atoms with E-state index in [1.807, 2.05) is 4.90 Å². The van der Waals surface area contributed by atoms with Gasteiger partial charge in [-0.25, -0.2) is 8.42 Å². The van der Waals surface area contributed by atoms with Crippen LogP contribution in [0.4, 0.5) is 5.69 Å². The maximum Gasteiger partial charge on any atom is 0.300 e. The summed E-state index contributed by atoms with van der Waals surface area (Å²) in [4.78, 5) is 28.4. The average molecular weight is 415 g/mol. The van der Waals surface area contributed by atoms with E-state index in [9.17, 15) is 18.0 Å². The molecule has 1 fully saturated rings. The first kappa shape index (κ1) is 19.6. The second-order valence-electron chi connectivity index (χ2n) is 6.92. The van der Waals surface area contributed by atoms with Crippen LogP contribution in [0.1, 0.15) is 10.4 Å². The molecular formula is C20H21N3O5S. The number of methoxy groups -OCH3 is 1. The molecule has 9 heteroatoms. The minimum Gasteiger partial charge on any atom is -0.497 e. The van der Waals surface area contributed by atoms with Crippen molar-refractivity contribution in [3.8, 4) is 5.75 Å². The number of nitrogens with zero attached hydrogens (tertiary/aromatic N) is 3. The first-order chi connectivity index (χ1) is 13.9. The average Bonchev–Trinajstić information content (AvgIpc) is 2.99. The molecule has 2 aliphatic rings. The quantitative estimate of drug-likeness (QED) is 0.682. The van der Waals surface area contributed by atoms with Crippen LogP contribution < -0.4 is 9.64 Å². The Balaban J connectivity index is 1.46. The molecule has 4 rings (SSSR count). The van der Waals surface area contributed by atoms with E-state index in [1.54, 1.807) is 48.5 Å². The maximum absolute atomic E-state index is 12.8. The van der Waals surface area contributed by atoms with Crippen molar-refractivity contribution < 1.29 is 22.7 Å². The zero-order chi connectivity index (χ0) is 20.6. The Bertz CT molecular complexity index is 1050. The number of ether oxygens (including phenoxy) is 1. The molecule has 2 aromatic carbocycles. The lowest BCUT2D eigenvalue weighted by atomic mass is 10.1. The number of carbonyl (C=O) groups is 2. The van der Waals surface area contributed by atoms with E-state index >= 15 is 0 Å². The maximum atomic E-state index is 12.8. The second kappa shape index (κ2) is 7.58. The third kappa shape index (κ3) is 3.52. The van der Waals surface area contributed by atoms with Gasteiger partial charge in [-0.05, 0) is 24.3 Å². The SMILES string of the molecule is COc1ccc2c(c1)N(CN1CCN(S(=O)(=O)c3ccccc3)CC1)C(=O)C2=O. The Hall–Kier alpha value is -2.75. The summed E-state index contributed by atoms with van der Waals surface area (Å²) in [5.74, 6) is -0.546. The van der Waals surface area contributed by atoms with Crippen molar-refractivity contribution in [3.63, 3.8) is 0 Å². The van der Waals surface area contributed by atoms with Crippen molar-refractivity contribution in [1.29, 1.82) is 0 Å². The molecule has 0 aromatic heterocycles. The molecular weight excluding hydrogens is 394 g/mol. The number of carbonyl (C=O) groups excluding carboxylic acids is 2. The van der Waals surface area contributed by atoms with Crippen molar-refractivity contribution in [2.24, 2.45) is 0 Å². The van der Waals surface area contributed by atoms with E-state index in [0.29, 0.717) is 43.2 Å². The Kier molecular flexibility index (Phi) is 5.12. The van der Waals surface area contributed by atoms with Crippen LogP contribution in [0, 0.1) is 0 Å². The Morgan fingerprint density at radius 2 is 1.66 bits per heavy atom. The lowest BCUT2D eigenvalue weighted by Crippen LogP contribution is -2.52. The lowest BCUT2D eigenvalue weighted by molar-refractivity contribution is -0.114. The number of sulfonamides is 1. The number of fused-ring (bicyclic) bond motifs is 1. The lowest BCUT2D eigenvalue weighted by Gasteiger charge is -2.35. The molecule has 29 heavy (non-hydrogen) atoms. The van der Waals surface area contributed by atoms with Crippen molar-refractivity contribution in [1.82, 2.24) is 9.21 Å². The number of piperazine rings is 1. The highest BCUT2D eigenvalue weighted by molar-refractivity contribution is 7.89. The first-order valence-electron chi connectivity index (χ1n) is 9.23. The fourth-order valence-corrected chi connectivity index (χ4v) is 5.04. The smallest absolute Gasteiger partial charge is 0.300 e. The van der Waals surface area contributed by atoms with Gasteiger partial charge in [-0.1, -0.05) is 18.2 Å². The molecule has 8 nitrogen and oxygen atoms in total. The van der Waals surface area contributed by atoms with Crippen molar-refractivity contribution >= 4 is 27.4 Å². The number of benzene rings is 2. The highest BCUT2D eigenvalue weighted by atomic mass is 32.2. The predicted molar refractivity (Wildman–Crippen MR) is 106 cm³/mol. The Morgan fingerprint density at radius 1 is 0.966 bits per heavy atom. The van der Waals surface area contributed by atoms with Gasteiger partial charge in [-0.2, -0.15) is 4.31 Å². The molecule has 1 saturated heterocycles. The predicted octanol–water partition coefficient (Wildman–Crippen LogP) is 1.19. The highest BCUT2D eigenvalue weighted by Crippen LogP contribution is 2.32. The number of hydrogen-bond acceptors (Lipinski definition) is 6. The monoisotopic (exact) mass is 415 g/mol. The van der Waals surface area contributed by atoms with Crippen LogP contribution in [0.25, 0.3) is 0 Å². The molecule has 0 saturated carbocycles. The van der Waals surface area contributed by atoms with Gasteiger partial charge in [-0.3, -0.25) is 19.4 Å². The number of ketones is 1. The van der Waals surface area contributed by atoms with Gasteiger partial charge in [0.1, 0.15) is 5.75 Å². The summed E-state index contributed by atoms with van der Waals surface area (Å²) < 4.78 is 32.2. The minimum absolute atomic E-state index is 0.226. The Morgan fingerprint density at radius 3 is 2.31 bits per heavy atom. The van der Waals surface area contributed by atoms with Gasteiger partial charge in [0, 0.05) is 32.2 Å². The molecule has 0 unspecified atom stereocenters. The molecule has 0 radical (unpaired) electrons. The number of anilines is 1. The summed E-state index contributed by atoms with van der Waals surface area (Å²) in [6, 6.07) is 13.3. The van der Waals surface area contributed by atoms with Crippen LogP contribution in [-0.4, -0.2) is 69.3 Å². The van der Waals surface area contributed by atoms with Gasteiger partial charge in [0.05, 0.1) is 29.9 Å². The van der Waals surface area contributed by atoms with Gasteiger partial charge in [-0.15, -0.1) is 0 Å². The van der Waals surface area contributed by atoms with E-state index in [2.05, 4.69) is 0 Å². The molecule has 0 atom stereocenters. The zero-order valence-corrected chi connectivity index (χ0v) is 16.8. The van der Waals surface area contributed by atoms with Gasteiger partial charge in [0.15, 0.2) is 0 Å².